The van der Waals surface area contributed by atoms with Gasteiger partial charge in [-0.15, -0.1) is 0 Å². The van der Waals surface area contributed by atoms with E-state index in [0.717, 1.165) is 47.6 Å². The van der Waals surface area contributed by atoms with Crippen LogP contribution in [0.4, 0.5) is 11.4 Å². The van der Waals surface area contributed by atoms with Crippen LogP contribution in [-0.2, 0) is 19.4 Å². The maximum Gasteiger partial charge on any atom is 0.160 e. The van der Waals surface area contributed by atoms with Crippen LogP contribution in [0.25, 0.3) is 11.2 Å². The third-order valence-electron chi connectivity index (χ3n) is 7.23. The van der Waals surface area contributed by atoms with Crippen molar-refractivity contribution in [1.82, 2.24) is 14.5 Å². The topological polar surface area (TPSA) is 57.7 Å². The molecular formula is C29H29N5. The molecule has 6 rings (SSSR count). The molecule has 4 aromatic rings. The second-order valence-electron chi connectivity index (χ2n) is 9.85. The highest BCUT2D eigenvalue weighted by atomic mass is 15.2. The number of hydrogen-bond acceptors (Lipinski definition) is 4. The van der Waals surface area contributed by atoms with Crippen LogP contribution in [0, 0.1) is 25.2 Å². The van der Waals surface area contributed by atoms with Crippen LogP contribution in [0.2, 0.25) is 0 Å². The molecule has 1 aliphatic carbocycles. The first kappa shape index (κ1) is 20.9. The number of nitriles is 1. The Balaban J connectivity index is 1.43. The van der Waals surface area contributed by atoms with E-state index in [0.29, 0.717) is 5.92 Å². The maximum absolute atomic E-state index is 9.78. The van der Waals surface area contributed by atoms with Crippen LogP contribution in [-0.4, -0.2) is 20.6 Å². The number of para-hydroxylation sites is 1. The fourth-order valence-corrected chi connectivity index (χ4v) is 5.42. The van der Waals surface area contributed by atoms with Gasteiger partial charge in [-0.05, 0) is 86.9 Å². The summed E-state index contributed by atoms with van der Waals surface area (Å²) in [6.45, 7) is 6.95. The minimum atomic E-state index is -0.238. The predicted molar refractivity (Wildman–Crippen MR) is 136 cm³/mol. The lowest BCUT2D eigenvalue weighted by molar-refractivity contribution is 0.738. The predicted octanol–water partition coefficient (Wildman–Crippen LogP) is 6.12. The second-order valence-corrected chi connectivity index (χ2v) is 9.85. The van der Waals surface area contributed by atoms with E-state index in [1.165, 1.54) is 40.9 Å². The third kappa shape index (κ3) is 3.45. The fourth-order valence-electron chi connectivity index (χ4n) is 5.42. The quantitative estimate of drug-likeness (QED) is 0.378. The Morgan fingerprint density at radius 1 is 1.00 bits per heavy atom. The van der Waals surface area contributed by atoms with Gasteiger partial charge in [0.2, 0.25) is 0 Å². The van der Waals surface area contributed by atoms with Crippen molar-refractivity contribution in [2.75, 3.05) is 4.90 Å². The molecule has 2 aliphatic rings. The van der Waals surface area contributed by atoms with Gasteiger partial charge in [-0.3, -0.25) is 0 Å². The molecule has 0 spiro atoms. The number of pyridine rings is 1. The first-order chi connectivity index (χ1) is 16.5. The molecule has 3 heterocycles. The zero-order valence-electron chi connectivity index (χ0n) is 20.0. The molecule has 2 aromatic heterocycles. The van der Waals surface area contributed by atoms with Crippen molar-refractivity contribution in [1.29, 1.82) is 5.26 Å². The molecule has 170 valence electrons. The standard InChI is InChI=1S/C29H29N5/c1-18-14-19(2)31-29-27(18)32-28(23-10-11-23)33(29)17-21-8-13-26-24(15-21)12-9-22-6-4-5-7-25(22)34(26)20(3)16-30/h4-8,13-15,20,23H,9-12,17H2,1-3H3. The van der Waals surface area contributed by atoms with E-state index < -0.39 is 0 Å². The molecule has 0 radical (unpaired) electrons. The summed E-state index contributed by atoms with van der Waals surface area (Å²) in [5.41, 5.74) is 10.4. The molecule has 1 unspecified atom stereocenters. The van der Waals surface area contributed by atoms with E-state index in [1.807, 2.05) is 6.92 Å². The smallest absolute Gasteiger partial charge is 0.160 e. The lowest BCUT2D eigenvalue weighted by Gasteiger charge is -2.29. The molecule has 34 heavy (non-hydrogen) atoms. The highest BCUT2D eigenvalue weighted by molar-refractivity contribution is 5.76. The molecule has 0 amide bonds. The summed E-state index contributed by atoms with van der Waals surface area (Å²) in [6, 6.07) is 19.6. The minimum absolute atomic E-state index is 0.238. The molecule has 1 fully saturated rings. The van der Waals surface area contributed by atoms with Crippen molar-refractivity contribution in [2.24, 2.45) is 0 Å². The Morgan fingerprint density at radius 3 is 2.56 bits per heavy atom. The first-order valence-electron chi connectivity index (χ1n) is 12.3. The van der Waals surface area contributed by atoms with E-state index in [9.17, 15) is 5.26 Å². The van der Waals surface area contributed by atoms with Crippen LogP contribution >= 0.6 is 0 Å². The normalized spacial score (nSPS) is 16.0. The SMILES string of the molecule is Cc1cc(C)c2nc(C3CC3)n(Cc3ccc4c(c3)CCc3ccccc3N4C(C)C#N)c2n1. The Morgan fingerprint density at radius 2 is 1.76 bits per heavy atom. The maximum atomic E-state index is 9.78. The third-order valence-corrected chi connectivity index (χ3v) is 7.23. The lowest BCUT2D eigenvalue weighted by atomic mass is 10.0. The molecule has 5 nitrogen and oxygen atoms in total. The van der Waals surface area contributed by atoms with Crippen LogP contribution < -0.4 is 4.90 Å². The molecule has 1 atom stereocenters. The molecular weight excluding hydrogens is 418 g/mol. The number of aromatic nitrogens is 3. The number of aryl methyl sites for hydroxylation is 4. The highest BCUT2D eigenvalue weighted by Crippen LogP contribution is 2.42. The Labute approximate surface area is 200 Å². The van der Waals surface area contributed by atoms with Crippen LogP contribution in [0.15, 0.2) is 48.5 Å². The van der Waals surface area contributed by atoms with Gasteiger partial charge in [-0.1, -0.05) is 30.3 Å². The van der Waals surface area contributed by atoms with E-state index in [4.69, 9.17) is 9.97 Å². The van der Waals surface area contributed by atoms with Crippen LogP contribution in [0.5, 0.6) is 0 Å². The van der Waals surface area contributed by atoms with Crippen molar-refractivity contribution in [2.45, 2.75) is 65.0 Å². The molecule has 1 aliphatic heterocycles. The van der Waals surface area contributed by atoms with Gasteiger partial charge in [-0.2, -0.15) is 5.26 Å². The second kappa shape index (κ2) is 7.99. The van der Waals surface area contributed by atoms with Gasteiger partial charge < -0.3 is 9.47 Å². The van der Waals surface area contributed by atoms with Gasteiger partial charge in [0, 0.05) is 23.0 Å². The monoisotopic (exact) mass is 447 g/mol. The van der Waals surface area contributed by atoms with Crippen molar-refractivity contribution in [3.05, 3.63) is 82.3 Å². The van der Waals surface area contributed by atoms with Crippen molar-refractivity contribution in [3.63, 3.8) is 0 Å². The van der Waals surface area contributed by atoms with Gasteiger partial charge in [-0.25, -0.2) is 9.97 Å². The van der Waals surface area contributed by atoms with Crippen LogP contribution in [0.3, 0.4) is 0 Å². The molecule has 5 heteroatoms. The summed E-state index contributed by atoms with van der Waals surface area (Å²) >= 11 is 0. The zero-order valence-corrected chi connectivity index (χ0v) is 20.0. The first-order valence-corrected chi connectivity index (χ1v) is 12.3. The van der Waals surface area contributed by atoms with Gasteiger partial charge in [0.25, 0.3) is 0 Å². The number of rotatable bonds is 4. The molecule has 1 saturated carbocycles. The van der Waals surface area contributed by atoms with Gasteiger partial charge >= 0.3 is 0 Å². The summed E-state index contributed by atoms with van der Waals surface area (Å²) in [7, 11) is 0. The zero-order chi connectivity index (χ0) is 23.4. The molecule has 2 aromatic carbocycles. The van der Waals surface area contributed by atoms with Crippen LogP contribution in [0.1, 0.15) is 59.5 Å². The average Bonchev–Trinajstić information content (AvgIpc) is 3.63. The summed E-state index contributed by atoms with van der Waals surface area (Å²) in [5.74, 6) is 1.73. The minimum Gasteiger partial charge on any atom is -0.325 e. The highest BCUT2D eigenvalue weighted by Gasteiger charge is 2.31. The van der Waals surface area contributed by atoms with Gasteiger partial charge in [0.05, 0.1) is 12.6 Å². The molecule has 0 saturated heterocycles. The number of anilines is 2. The molecule has 0 bridgehead atoms. The number of imidazole rings is 1. The summed E-state index contributed by atoms with van der Waals surface area (Å²) in [4.78, 5) is 12.1. The van der Waals surface area contributed by atoms with Crippen molar-refractivity contribution in [3.8, 4) is 6.07 Å². The van der Waals surface area contributed by atoms with E-state index in [2.05, 4.69) is 77.9 Å². The number of hydrogen-bond donors (Lipinski definition) is 0. The number of fused-ring (bicyclic) bond motifs is 3. The Hall–Kier alpha value is -3.65. The average molecular weight is 448 g/mol. The van der Waals surface area contributed by atoms with Gasteiger partial charge in [0.15, 0.2) is 5.65 Å². The van der Waals surface area contributed by atoms with Crippen molar-refractivity contribution >= 4 is 22.5 Å². The molecule has 0 N–H and O–H groups in total. The lowest BCUT2D eigenvalue weighted by Crippen LogP contribution is -2.27. The van der Waals surface area contributed by atoms with Crippen molar-refractivity contribution < 1.29 is 0 Å². The number of nitrogens with zero attached hydrogens (tertiary/aromatic N) is 5. The summed E-state index contributed by atoms with van der Waals surface area (Å²) in [6.07, 6.45) is 4.36. The number of benzene rings is 2. The van der Waals surface area contributed by atoms with E-state index in [1.54, 1.807) is 0 Å². The summed E-state index contributed by atoms with van der Waals surface area (Å²) < 4.78 is 2.34. The fraction of sp³-hybridized carbons (Fsp3) is 0.345. The largest absolute Gasteiger partial charge is 0.325 e. The van der Waals surface area contributed by atoms with Gasteiger partial charge in [0.1, 0.15) is 17.4 Å². The van der Waals surface area contributed by atoms with E-state index >= 15 is 0 Å². The van der Waals surface area contributed by atoms with E-state index in [-0.39, 0.29) is 6.04 Å². The summed E-state index contributed by atoms with van der Waals surface area (Å²) in [5, 5.41) is 9.78. The Bertz CT molecular complexity index is 1450. The Kier molecular flexibility index (Phi) is 4.91.